The first kappa shape index (κ1) is 41.8. The van der Waals surface area contributed by atoms with E-state index in [1.165, 1.54) is 28.4 Å². The van der Waals surface area contributed by atoms with Crippen LogP contribution in [0, 0.1) is 0 Å². The molecule has 0 aliphatic carbocycles. The van der Waals surface area contributed by atoms with Crippen LogP contribution in [0.2, 0.25) is 0 Å². The van der Waals surface area contributed by atoms with Gasteiger partial charge in [0.15, 0.2) is 0 Å². The molecule has 60 heavy (non-hydrogen) atoms. The fourth-order valence-electron chi connectivity index (χ4n) is 7.66. The second-order valence-corrected chi connectivity index (χ2v) is 14.6. The monoisotopic (exact) mass is 828 g/mol. The van der Waals surface area contributed by atoms with Crippen LogP contribution in [0.25, 0.3) is 44.5 Å². The van der Waals surface area contributed by atoms with Crippen molar-refractivity contribution in [2.45, 2.75) is 63.1 Å². The van der Waals surface area contributed by atoms with Gasteiger partial charge in [0.2, 0.25) is 17.2 Å². The molecule has 2 fully saturated rings. The van der Waals surface area contributed by atoms with Crippen LogP contribution in [0.4, 0.5) is 9.59 Å². The molecule has 4 N–H and O–H groups in total. The highest BCUT2D eigenvalue weighted by Gasteiger charge is 2.40. The quantitative estimate of drug-likeness (QED) is 0.131. The Kier molecular flexibility index (Phi) is 12.5. The predicted molar refractivity (Wildman–Crippen MR) is 216 cm³/mol. The molecule has 0 spiro atoms. The zero-order chi connectivity index (χ0) is 42.7. The van der Waals surface area contributed by atoms with E-state index in [4.69, 9.17) is 28.1 Å². The number of hydrogen-bond donors (Lipinski definition) is 4. The molecule has 5 heterocycles. The lowest BCUT2D eigenvalue weighted by molar-refractivity contribution is -0.146. The minimum atomic E-state index is -1.01. The SMILES string of the molecule is COC(=O)N[C@H](C(=O)N1CCC[C@H]1c1ncc(-c2ccc3c(=O)c4cc(-c5cnc([C@@H]6COCCN6C(=O)[C@@H](NC(=O)OC)[C@@H](C)OC)[nH]5)ccc4oc3c2)[nH]1)[C@@H](C)OC. The molecule has 2 aliphatic heterocycles. The molecule has 3 aromatic heterocycles. The smallest absolute Gasteiger partial charge is 0.407 e. The number of carbonyl (C=O) groups is 4. The van der Waals surface area contributed by atoms with Crippen LogP contribution < -0.4 is 16.1 Å². The normalized spacial score (nSPS) is 18.8. The number of methoxy groups -OCH3 is 4. The summed E-state index contributed by atoms with van der Waals surface area (Å²) in [5.74, 6) is 0.369. The van der Waals surface area contributed by atoms with Crippen molar-refractivity contribution in [1.29, 1.82) is 0 Å². The summed E-state index contributed by atoms with van der Waals surface area (Å²) in [6.45, 7) is 4.59. The van der Waals surface area contributed by atoms with Crippen molar-refractivity contribution < 1.29 is 47.3 Å². The standard InChI is InChI=1S/C41H48N8O11/c1-21(55-3)33(46-40(53)57-5)38(51)48-13-7-8-29(48)36-42-19-28(44-36)24-9-11-25-32(17-24)60-31-12-10-23(16-26(31)35(25)50)27-18-43-37(45-27)30-20-59-15-14-49(30)39(52)34(22(2)56-4)47-41(54)58-6/h9-12,16-19,21-22,29-30,33-34H,7-8,13-15,20H2,1-6H3,(H,42,44)(H,43,45)(H,46,53)(H,47,54)/t21-,22-,29+,30+,33+,34+/m1/s1. The first-order chi connectivity index (χ1) is 29.0. The van der Waals surface area contributed by atoms with Crippen molar-refractivity contribution in [3.8, 4) is 22.5 Å². The van der Waals surface area contributed by atoms with Gasteiger partial charge >= 0.3 is 12.2 Å². The summed E-state index contributed by atoms with van der Waals surface area (Å²) in [6.07, 6.45) is 1.98. The first-order valence-electron chi connectivity index (χ1n) is 19.5. The number of hydrogen-bond acceptors (Lipinski definition) is 13. The molecule has 7 rings (SSSR count). The Bertz CT molecular complexity index is 2450. The number of fused-ring (bicyclic) bond motifs is 2. The molecule has 2 saturated heterocycles. The minimum absolute atomic E-state index is 0.170. The number of benzene rings is 2. The Labute approximate surface area is 344 Å². The number of ether oxygens (including phenoxy) is 5. The topological polar surface area (TPSA) is 233 Å². The van der Waals surface area contributed by atoms with Gasteiger partial charge in [-0.2, -0.15) is 0 Å². The molecule has 318 valence electrons. The number of likely N-dealkylation sites (tertiary alicyclic amines) is 1. The molecule has 6 atom stereocenters. The second kappa shape index (κ2) is 17.9. The average molecular weight is 829 g/mol. The Morgan fingerprint density at radius 3 is 1.92 bits per heavy atom. The summed E-state index contributed by atoms with van der Waals surface area (Å²) in [4.78, 5) is 84.7. The fraction of sp³-hybridized carbons (Fsp3) is 0.439. The Hall–Kier alpha value is -6.31. The maximum absolute atomic E-state index is 13.9. The van der Waals surface area contributed by atoms with E-state index >= 15 is 0 Å². The number of nitrogens with zero attached hydrogens (tertiary/aromatic N) is 4. The maximum atomic E-state index is 13.9. The number of aromatic amines is 2. The first-order valence-corrected chi connectivity index (χ1v) is 19.5. The molecular formula is C41H48N8O11. The van der Waals surface area contributed by atoms with Gasteiger partial charge in [0.05, 0.1) is 80.2 Å². The van der Waals surface area contributed by atoms with Crippen molar-refractivity contribution in [3.63, 3.8) is 0 Å². The molecule has 0 saturated carbocycles. The van der Waals surface area contributed by atoms with Crippen molar-refractivity contribution >= 4 is 45.9 Å². The highest BCUT2D eigenvalue weighted by molar-refractivity contribution is 5.93. The number of nitrogens with one attached hydrogen (secondary N) is 4. The summed E-state index contributed by atoms with van der Waals surface area (Å²) in [7, 11) is 5.37. The third kappa shape index (κ3) is 8.27. The van der Waals surface area contributed by atoms with Crippen LogP contribution in [0.3, 0.4) is 0 Å². The van der Waals surface area contributed by atoms with Crippen LogP contribution in [0.1, 0.15) is 50.4 Å². The van der Waals surface area contributed by atoms with Crippen LogP contribution >= 0.6 is 0 Å². The summed E-state index contributed by atoms with van der Waals surface area (Å²) in [6, 6.07) is 7.64. The van der Waals surface area contributed by atoms with Gasteiger partial charge in [-0.15, -0.1) is 0 Å². The van der Waals surface area contributed by atoms with E-state index in [-0.39, 0.29) is 36.4 Å². The van der Waals surface area contributed by atoms with Gasteiger partial charge in [-0.3, -0.25) is 14.4 Å². The highest BCUT2D eigenvalue weighted by Crippen LogP contribution is 2.34. The number of aromatic nitrogens is 4. The minimum Gasteiger partial charge on any atom is -0.456 e. The van der Waals surface area contributed by atoms with E-state index in [0.29, 0.717) is 70.1 Å². The molecule has 0 bridgehead atoms. The third-order valence-corrected chi connectivity index (χ3v) is 11.2. The molecule has 0 radical (unpaired) electrons. The van der Waals surface area contributed by atoms with Crippen molar-refractivity contribution in [2.24, 2.45) is 0 Å². The van der Waals surface area contributed by atoms with Crippen molar-refractivity contribution in [1.82, 2.24) is 40.4 Å². The fourth-order valence-corrected chi connectivity index (χ4v) is 7.66. The predicted octanol–water partition coefficient (Wildman–Crippen LogP) is 3.81. The molecule has 4 amide bonds. The Balaban J connectivity index is 1.11. The molecular weight excluding hydrogens is 780 g/mol. The van der Waals surface area contributed by atoms with Crippen LogP contribution in [-0.2, 0) is 33.3 Å². The van der Waals surface area contributed by atoms with E-state index in [2.05, 4.69) is 30.6 Å². The van der Waals surface area contributed by atoms with Crippen LogP contribution in [0.15, 0.2) is 58.0 Å². The van der Waals surface area contributed by atoms with Crippen molar-refractivity contribution in [3.05, 3.63) is 70.7 Å². The maximum Gasteiger partial charge on any atom is 0.407 e. The van der Waals surface area contributed by atoms with E-state index in [1.54, 1.807) is 66.4 Å². The zero-order valence-electron chi connectivity index (χ0n) is 34.1. The number of alkyl carbamates (subject to hydrolysis) is 2. The summed E-state index contributed by atoms with van der Waals surface area (Å²) < 4.78 is 32.3. The number of imidazole rings is 2. The van der Waals surface area contributed by atoms with E-state index in [9.17, 15) is 24.0 Å². The lowest BCUT2D eigenvalue weighted by atomic mass is 10.1. The molecule has 5 aromatic rings. The summed E-state index contributed by atoms with van der Waals surface area (Å²) in [5.41, 5.74) is 3.21. The second-order valence-electron chi connectivity index (χ2n) is 14.6. The van der Waals surface area contributed by atoms with Gasteiger partial charge in [0.1, 0.15) is 40.9 Å². The Morgan fingerprint density at radius 1 is 0.750 bits per heavy atom. The number of H-pyrrole nitrogens is 2. The van der Waals surface area contributed by atoms with Gasteiger partial charge in [-0.05, 0) is 57.0 Å². The molecule has 2 aromatic carbocycles. The molecule has 2 aliphatic rings. The van der Waals surface area contributed by atoms with E-state index in [0.717, 1.165) is 12.0 Å². The molecule has 0 unspecified atom stereocenters. The summed E-state index contributed by atoms with van der Waals surface area (Å²) >= 11 is 0. The number of morpholine rings is 1. The van der Waals surface area contributed by atoms with Crippen molar-refractivity contribution in [2.75, 3.05) is 54.7 Å². The van der Waals surface area contributed by atoms with Crippen LogP contribution in [0.5, 0.6) is 0 Å². The lowest BCUT2D eigenvalue weighted by Gasteiger charge is -2.37. The van der Waals surface area contributed by atoms with Gasteiger partial charge in [-0.1, -0.05) is 6.07 Å². The zero-order valence-corrected chi connectivity index (χ0v) is 34.1. The number of amides is 4. The summed E-state index contributed by atoms with van der Waals surface area (Å²) in [5, 5.41) is 5.91. The largest absolute Gasteiger partial charge is 0.456 e. The Morgan fingerprint density at radius 2 is 1.32 bits per heavy atom. The van der Waals surface area contributed by atoms with Gasteiger partial charge in [0.25, 0.3) is 0 Å². The highest BCUT2D eigenvalue weighted by atomic mass is 16.5. The lowest BCUT2D eigenvalue weighted by Crippen LogP contribution is -2.57. The third-order valence-electron chi connectivity index (χ3n) is 11.2. The number of rotatable bonds is 12. The van der Waals surface area contributed by atoms with E-state index in [1.807, 2.05) is 6.07 Å². The van der Waals surface area contributed by atoms with E-state index < -0.39 is 42.5 Å². The number of carbonyl (C=O) groups excluding carboxylic acids is 4. The average Bonchev–Trinajstić information content (AvgIpc) is 4.08. The molecule has 19 heteroatoms. The van der Waals surface area contributed by atoms with Gasteiger partial charge in [0, 0.05) is 38.4 Å². The van der Waals surface area contributed by atoms with Crippen LogP contribution in [-0.4, -0.2) is 133 Å². The molecule has 19 nitrogen and oxygen atoms in total. The van der Waals surface area contributed by atoms with Gasteiger partial charge < -0.3 is 58.5 Å². The van der Waals surface area contributed by atoms with Gasteiger partial charge in [-0.25, -0.2) is 19.6 Å².